The van der Waals surface area contributed by atoms with Crippen LogP contribution in [-0.2, 0) is 6.67 Å². The fourth-order valence-corrected chi connectivity index (χ4v) is 0.819. The molecule has 1 aromatic carbocycles. The maximum absolute atomic E-state index is 12.0. The van der Waals surface area contributed by atoms with E-state index in [-0.39, 0.29) is 5.75 Å². The van der Waals surface area contributed by atoms with Gasteiger partial charge in [-0.2, -0.15) is 0 Å². The van der Waals surface area contributed by atoms with Gasteiger partial charge in [0.15, 0.2) is 11.5 Å². The highest BCUT2D eigenvalue weighted by molar-refractivity contribution is 5.41. The smallest absolute Gasteiger partial charge is 0.160 e. The molecule has 0 fully saturated rings. The van der Waals surface area contributed by atoms with Crippen LogP contribution in [0.25, 0.3) is 0 Å². The minimum absolute atomic E-state index is 0.0253. The number of methoxy groups -OCH3 is 1. The highest BCUT2D eigenvalue weighted by atomic mass is 19.1. The van der Waals surface area contributed by atoms with E-state index in [0.717, 1.165) is 0 Å². The summed E-state index contributed by atoms with van der Waals surface area (Å²) in [6.07, 6.45) is 0. The molecule has 0 saturated heterocycles. The molecule has 0 aromatic heterocycles. The summed E-state index contributed by atoms with van der Waals surface area (Å²) in [7, 11) is 1.45. The first kappa shape index (κ1) is 7.85. The van der Waals surface area contributed by atoms with Crippen LogP contribution in [0.5, 0.6) is 11.5 Å². The zero-order valence-corrected chi connectivity index (χ0v) is 6.17. The number of phenols is 1. The highest BCUT2D eigenvalue weighted by Gasteiger charge is 2.00. The maximum atomic E-state index is 12.0. The molecule has 1 N–H and O–H groups in total. The Bertz CT molecular complexity index is 248. The lowest BCUT2D eigenvalue weighted by molar-refractivity contribution is 0.372. The number of halogens is 1. The Morgan fingerprint density at radius 1 is 1.55 bits per heavy atom. The first-order valence-corrected chi connectivity index (χ1v) is 3.19. The van der Waals surface area contributed by atoms with Crippen molar-refractivity contribution >= 4 is 0 Å². The van der Waals surface area contributed by atoms with Gasteiger partial charge in [-0.3, -0.25) is 0 Å². The van der Waals surface area contributed by atoms with Gasteiger partial charge in [-0.15, -0.1) is 0 Å². The molecular formula is C8H9FO2. The molecule has 0 atom stereocenters. The second-order valence-electron chi connectivity index (χ2n) is 2.14. The Labute approximate surface area is 64.2 Å². The molecule has 0 saturated carbocycles. The van der Waals surface area contributed by atoms with Crippen molar-refractivity contribution in [3.8, 4) is 11.5 Å². The van der Waals surface area contributed by atoms with Crippen LogP contribution in [-0.4, -0.2) is 12.2 Å². The number of alkyl halides is 1. The fourth-order valence-electron chi connectivity index (χ4n) is 0.819. The molecule has 0 unspecified atom stereocenters. The number of phenolic OH excluding ortho intramolecular Hbond substituents is 1. The number of benzene rings is 1. The topological polar surface area (TPSA) is 29.5 Å². The molecule has 0 spiro atoms. The van der Waals surface area contributed by atoms with Crippen LogP contribution in [0.1, 0.15) is 5.56 Å². The van der Waals surface area contributed by atoms with E-state index in [1.54, 1.807) is 6.07 Å². The first-order valence-electron chi connectivity index (χ1n) is 3.19. The van der Waals surface area contributed by atoms with E-state index in [2.05, 4.69) is 0 Å². The third kappa shape index (κ3) is 1.61. The van der Waals surface area contributed by atoms with Crippen LogP contribution in [0.3, 0.4) is 0 Å². The number of aromatic hydroxyl groups is 1. The molecule has 0 aliphatic carbocycles. The summed E-state index contributed by atoms with van der Waals surface area (Å²) in [6, 6.07) is 4.45. The van der Waals surface area contributed by atoms with Crippen molar-refractivity contribution in [1.29, 1.82) is 0 Å². The summed E-state index contributed by atoms with van der Waals surface area (Å²) >= 11 is 0. The zero-order chi connectivity index (χ0) is 8.27. The van der Waals surface area contributed by atoms with Gasteiger partial charge >= 0.3 is 0 Å². The molecule has 1 rings (SSSR count). The lowest BCUT2D eigenvalue weighted by atomic mass is 10.2. The monoisotopic (exact) mass is 156 g/mol. The van der Waals surface area contributed by atoms with Crippen molar-refractivity contribution in [2.24, 2.45) is 0 Å². The normalized spacial score (nSPS) is 9.64. The predicted octanol–water partition coefficient (Wildman–Crippen LogP) is 1.87. The molecule has 1 aromatic rings. The van der Waals surface area contributed by atoms with E-state index in [1.807, 2.05) is 0 Å². The molecule has 60 valence electrons. The van der Waals surface area contributed by atoms with Gasteiger partial charge in [-0.05, 0) is 17.7 Å². The Morgan fingerprint density at radius 2 is 2.27 bits per heavy atom. The second-order valence-corrected chi connectivity index (χ2v) is 2.14. The van der Waals surface area contributed by atoms with Crippen molar-refractivity contribution in [3.05, 3.63) is 23.8 Å². The van der Waals surface area contributed by atoms with Crippen LogP contribution in [0.4, 0.5) is 4.39 Å². The summed E-state index contributed by atoms with van der Waals surface area (Å²) in [5, 5.41) is 9.13. The van der Waals surface area contributed by atoms with E-state index < -0.39 is 6.67 Å². The van der Waals surface area contributed by atoms with Crippen LogP contribution < -0.4 is 4.74 Å². The van der Waals surface area contributed by atoms with Gasteiger partial charge in [-0.1, -0.05) is 6.07 Å². The molecule has 0 amide bonds. The SMILES string of the molecule is COc1ccc(CF)cc1O. The Balaban J connectivity index is 2.99. The average molecular weight is 156 g/mol. The third-order valence-corrected chi connectivity index (χ3v) is 1.40. The molecule has 3 heteroatoms. The van der Waals surface area contributed by atoms with Gasteiger partial charge in [0.05, 0.1) is 7.11 Å². The van der Waals surface area contributed by atoms with Crippen LogP contribution in [0, 0.1) is 0 Å². The Morgan fingerprint density at radius 3 is 2.73 bits per heavy atom. The molecule has 0 aliphatic heterocycles. The van der Waals surface area contributed by atoms with Gasteiger partial charge in [-0.25, -0.2) is 4.39 Å². The number of ether oxygens (including phenoxy) is 1. The minimum atomic E-state index is -0.572. The Hall–Kier alpha value is -1.25. The number of hydrogen-bond donors (Lipinski definition) is 1. The van der Waals surface area contributed by atoms with Gasteiger partial charge in [0.1, 0.15) is 6.67 Å². The van der Waals surface area contributed by atoms with E-state index in [9.17, 15) is 4.39 Å². The molecule has 0 bridgehead atoms. The molecule has 0 radical (unpaired) electrons. The zero-order valence-electron chi connectivity index (χ0n) is 6.17. The van der Waals surface area contributed by atoms with Crippen molar-refractivity contribution in [1.82, 2.24) is 0 Å². The lowest BCUT2D eigenvalue weighted by Gasteiger charge is -2.02. The second kappa shape index (κ2) is 3.23. The lowest BCUT2D eigenvalue weighted by Crippen LogP contribution is -1.84. The summed E-state index contributed by atoms with van der Waals surface area (Å²) in [4.78, 5) is 0. The van der Waals surface area contributed by atoms with Crippen molar-refractivity contribution in [2.45, 2.75) is 6.67 Å². The molecule has 11 heavy (non-hydrogen) atoms. The van der Waals surface area contributed by atoms with Crippen LogP contribution >= 0.6 is 0 Å². The molecule has 2 nitrogen and oxygen atoms in total. The predicted molar refractivity (Wildman–Crippen MR) is 39.5 cm³/mol. The van der Waals surface area contributed by atoms with Crippen molar-refractivity contribution in [2.75, 3.05) is 7.11 Å². The van der Waals surface area contributed by atoms with E-state index in [4.69, 9.17) is 9.84 Å². The van der Waals surface area contributed by atoms with E-state index >= 15 is 0 Å². The quantitative estimate of drug-likeness (QED) is 0.708. The standard InChI is InChI=1S/C8H9FO2/c1-11-8-3-2-6(5-9)4-7(8)10/h2-4,10H,5H2,1H3. The molecular weight excluding hydrogens is 147 g/mol. The number of hydrogen-bond acceptors (Lipinski definition) is 2. The average Bonchev–Trinajstić information content (AvgIpc) is 2.04. The Kier molecular flexibility index (Phi) is 2.31. The summed E-state index contributed by atoms with van der Waals surface area (Å²) < 4.78 is 16.8. The van der Waals surface area contributed by atoms with Crippen molar-refractivity contribution < 1.29 is 14.2 Å². The maximum Gasteiger partial charge on any atom is 0.160 e. The first-order chi connectivity index (χ1) is 5.27. The van der Waals surface area contributed by atoms with Gasteiger partial charge in [0.25, 0.3) is 0 Å². The van der Waals surface area contributed by atoms with Gasteiger partial charge < -0.3 is 9.84 Å². The molecule has 0 heterocycles. The molecule has 0 aliphatic rings. The summed E-state index contributed by atoms with van der Waals surface area (Å²) in [5.41, 5.74) is 0.448. The van der Waals surface area contributed by atoms with Crippen LogP contribution in [0.15, 0.2) is 18.2 Å². The van der Waals surface area contributed by atoms with E-state index in [0.29, 0.717) is 11.3 Å². The van der Waals surface area contributed by atoms with Gasteiger partial charge in [0.2, 0.25) is 0 Å². The highest BCUT2D eigenvalue weighted by Crippen LogP contribution is 2.26. The van der Waals surface area contributed by atoms with Crippen LogP contribution in [0.2, 0.25) is 0 Å². The van der Waals surface area contributed by atoms with Gasteiger partial charge in [0, 0.05) is 0 Å². The van der Waals surface area contributed by atoms with Crippen molar-refractivity contribution in [3.63, 3.8) is 0 Å². The minimum Gasteiger partial charge on any atom is -0.504 e. The third-order valence-electron chi connectivity index (χ3n) is 1.40. The van der Waals surface area contributed by atoms with E-state index in [1.165, 1.54) is 19.2 Å². The summed E-state index contributed by atoms with van der Waals surface area (Å²) in [6.45, 7) is -0.572. The summed E-state index contributed by atoms with van der Waals surface area (Å²) in [5.74, 6) is 0.338. The fraction of sp³-hybridized carbons (Fsp3) is 0.250. The largest absolute Gasteiger partial charge is 0.504 e. The number of rotatable bonds is 2.